The van der Waals surface area contributed by atoms with E-state index in [0.717, 1.165) is 58.6 Å². The van der Waals surface area contributed by atoms with Crippen molar-refractivity contribution in [3.8, 4) is 16.9 Å². The molecule has 1 heterocycles. The monoisotopic (exact) mass is 405 g/mol. The second-order valence-electron chi connectivity index (χ2n) is 7.80. The lowest BCUT2D eigenvalue weighted by atomic mass is 9.85. The minimum Gasteiger partial charge on any atom is -0.496 e. The number of nitrogens with zero attached hydrogens (tertiary/aromatic N) is 1. The molecule has 0 aromatic heterocycles. The van der Waals surface area contributed by atoms with Crippen LogP contribution in [0.3, 0.4) is 0 Å². The van der Waals surface area contributed by atoms with Gasteiger partial charge >= 0.3 is 0 Å². The van der Waals surface area contributed by atoms with Crippen molar-refractivity contribution in [2.24, 2.45) is 16.6 Å². The third-order valence-corrected chi connectivity index (χ3v) is 5.99. The zero-order valence-corrected chi connectivity index (χ0v) is 18.3. The van der Waals surface area contributed by atoms with Gasteiger partial charge in [-0.2, -0.15) is 0 Å². The predicted molar refractivity (Wildman–Crippen MR) is 125 cm³/mol. The number of ether oxygens (including phenoxy) is 1. The number of nitrogens with one attached hydrogen (secondary N) is 1. The molecule has 2 aromatic carbocycles. The molecule has 3 rings (SSSR count). The summed E-state index contributed by atoms with van der Waals surface area (Å²) >= 11 is 0. The number of benzene rings is 2. The minimum absolute atomic E-state index is 0.205. The fourth-order valence-corrected chi connectivity index (χ4v) is 4.09. The van der Waals surface area contributed by atoms with Crippen molar-refractivity contribution in [1.82, 2.24) is 0 Å². The van der Waals surface area contributed by atoms with E-state index in [4.69, 9.17) is 15.5 Å². The second-order valence-corrected chi connectivity index (χ2v) is 7.80. The molecule has 0 radical (unpaired) electrons. The van der Waals surface area contributed by atoms with E-state index in [9.17, 15) is 4.79 Å². The van der Waals surface area contributed by atoms with Crippen molar-refractivity contribution in [1.29, 1.82) is 0 Å². The SMILES string of the molecule is C=CNc1c(C(N)=O)ccc(-c2cc3c(c(OC)c2)CC(CC)C=N3)c1C(C)CC. The third-order valence-electron chi connectivity index (χ3n) is 5.99. The standard InChI is InChI=1S/C25H31N3O2/c1-6-15(4)23-18(9-10-19(25(26)29)24(23)27-8-3)17-12-21-20(22(13-17)30-5)11-16(7-2)14-28-21/h8-10,12-16,27H,3,6-7,11H2,1-2,4-5H3,(H2,26,29). The number of aliphatic imine (C=N–C) groups is 1. The lowest BCUT2D eigenvalue weighted by Crippen LogP contribution is -2.15. The fraction of sp³-hybridized carbons (Fsp3) is 0.360. The van der Waals surface area contributed by atoms with Crippen LogP contribution in [-0.4, -0.2) is 19.2 Å². The van der Waals surface area contributed by atoms with Crippen molar-refractivity contribution < 1.29 is 9.53 Å². The van der Waals surface area contributed by atoms with E-state index in [1.165, 1.54) is 0 Å². The van der Waals surface area contributed by atoms with Gasteiger partial charge in [0, 0.05) is 11.8 Å². The number of primary amides is 1. The maximum atomic E-state index is 12.1. The quantitative estimate of drug-likeness (QED) is 0.581. The van der Waals surface area contributed by atoms with Crippen molar-refractivity contribution in [2.75, 3.05) is 12.4 Å². The number of anilines is 1. The van der Waals surface area contributed by atoms with Crippen LogP contribution in [0.25, 0.3) is 11.1 Å². The Morgan fingerprint density at radius 1 is 1.40 bits per heavy atom. The number of nitrogens with two attached hydrogens (primary N) is 1. The van der Waals surface area contributed by atoms with Gasteiger partial charge in [0.25, 0.3) is 5.91 Å². The Labute approximate surface area is 179 Å². The number of methoxy groups -OCH3 is 1. The molecule has 2 aromatic rings. The van der Waals surface area contributed by atoms with Gasteiger partial charge in [-0.25, -0.2) is 0 Å². The van der Waals surface area contributed by atoms with Crippen LogP contribution >= 0.6 is 0 Å². The van der Waals surface area contributed by atoms with Crippen LogP contribution < -0.4 is 15.8 Å². The molecule has 2 atom stereocenters. The third kappa shape index (κ3) is 3.97. The average molecular weight is 406 g/mol. The van der Waals surface area contributed by atoms with Gasteiger partial charge in [-0.1, -0.05) is 33.4 Å². The van der Waals surface area contributed by atoms with Gasteiger partial charge in [0.15, 0.2) is 0 Å². The van der Waals surface area contributed by atoms with E-state index >= 15 is 0 Å². The molecular weight excluding hydrogens is 374 g/mol. The number of amides is 1. The van der Waals surface area contributed by atoms with E-state index in [0.29, 0.717) is 11.5 Å². The zero-order valence-electron chi connectivity index (χ0n) is 18.3. The lowest BCUT2D eigenvalue weighted by Gasteiger charge is -2.24. The summed E-state index contributed by atoms with van der Waals surface area (Å²) in [5, 5.41) is 3.16. The molecule has 0 saturated heterocycles. The second kappa shape index (κ2) is 9.16. The molecule has 5 nitrogen and oxygen atoms in total. The van der Waals surface area contributed by atoms with Gasteiger partial charge in [-0.3, -0.25) is 9.79 Å². The van der Waals surface area contributed by atoms with Crippen LogP contribution in [0, 0.1) is 5.92 Å². The fourth-order valence-electron chi connectivity index (χ4n) is 4.09. The summed E-state index contributed by atoms with van der Waals surface area (Å²) < 4.78 is 5.75. The first-order valence-electron chi connectivity index (χ1n) is 10.5. The summed E-state index contributed by atoms with van der Waals surface area (Å²) in [5.74, 6) is 1.03. The van der Waals surface area contributed by atoms with Crippen LogP contribution in [0.1, 0.15) is 61.0 Å². The molecule has 0 spiro atoms. The van der Waals surface area contributed by atoms with E-state index in [2.05, 4.69) is 44.8 Å². The minimum atomic E-state index is -0.464. The van der Waals surface area contributed by atoms with E-state index in [-0.39, 0.29) is 5.92 Å². The first kappa shape index (κ1) is 21.6. The number of rotatable bonds is 8. The molecule has 5 heteroatoms. The topological polar surface area (TPSA) is 76.7 Å². The Balaban J connectivity index is 2.26. The van der Waals surface area contributed by atoms with Crippen LogP contribution in [-0.2, 0) is 6.42 Å². The highest BCUT2D eigenvalue weighted by atomic mass is 16.5. The number of carbonyl (C=O) groups is 1. The average Bonchev–Trinajstić information content (AvgIpc) is 2.76. The van der Waals surface area contributed by atoms with E-state index < -0.39 is 5.91 Å². The van der Waals surface area contributed by atoms with Gasteiger partial charge in [0.05, 0.1) is 24.0 Å². The number of hydrogen-bond acceptors (Lipinski definition) is 4. The van der Waals surface area contributed by atoms with Gasteiger partial charge in [0.2, 0.25) is 0 Å². The summed E-state index contributed by atoms with van der Waals surface area (Å²) in [6, 6.07) is 7.94. The predicted octanol–water partition coefficient (Wildman–Crippen LogP) is 5.81. The normalized spacial score (nSPS) is 15.9. The van der Waals surface area contributed by atoms with Crippen LogP contribution in [0.5, 0.6) is 5.75 Å². The maximum Gasteiger partial charge on any atom is 0.250 e. The zero-order chi connectivity index (χ0) is 21.8. The highest BCUT2D eigenvalue weighted by molar-refractivity contribution is 6.01. The Morgan fingerprint density at radius 3 is 2.77 bits per heavy atom. The van der Waals surface area contributed by atoms with E-state index in [1.54, 1.807) is 19.4 Å². The first-order chi connectivity index (χ1) is 14.4. The number of hydrogen-bond donors (Lipinski definition) is 2. The molecule has 0 aliphatic carbocycles. The summed E-state index contributed by atoms with van der Waals surface area (Å²) in [6.07, 6.45) is 6.53. The van der Waals surface area contributed by atoms with Crippen molar-refractivity contribution in [3.63, 3.8) is 0 Å². The summed E-state index contributed by atoms with van der Waals surface area (Å²) in [6.45, 7) is 10.2. The summed E-state index contributed by atoms with van der Waals surface area (Å²) in [4.78, 5) is 16.8. The van der Waals surface area contributed by atoms with Crippen molar-refractivity contribution >= 4 is 23.5 Å². The van der Waals surface area contributed by atoms with Crippen LogP contribution in [0.4, 0.5) is 11.4 Å². The molecular formula is C25H31N3O2. The van der Waals surface area contributed by atoms with Crippen LogP contribution in [0.2, 0.25) is 0 Å². The summed E-state index contributed by atoms with van der Waals surface area (Å²) in [5.41, 5.74) is 12.0. The van der Waals surface area contributed by atoms with Crippen molar-refractivity contribution in [3.05, 3.63) is 53.7 Å². The Morgan fingerprint density at radius 2 is 2.17 bits per heavy atom. The Bertz CT molecular complexity index is 994. The van der Waals surface area contributed by atoms with Crippen molar-refractivity contribution in [2.45, 2.75) is 46.0 Å². The molecule has 0 fully saturated rings. The van der Waals surface area contributed by atoms with Gasteiger partial charge in [-0.05, 0) is 72.2 Å². The lowest BCUT2D eigenvalue weighted by molar-refractivity contribution is 0.100. The molecule has 3 N–H and O–H groups in total. The summed E-state index contributed by atoms with van der Waals surface area (Å²) in [7, 11) is 1.70. The molecule has 0 saturated carbocycles. The Hall–Kier alpha value is -3.08. The molecule has 1 aliphatic heterocycles. The van der Waals surface area contributed by atoms with Gasteiger partial charge in [-0.15, -0.1) is 0 Å². The molecule has 158 valence electrons. The largest absolute Gasteiger partial charge is 0.496 e. The smallest absolute Gasteiger partial charge is 0.250 e. The molecule has 0 bridgehead atoms. The molecule has 1 aliphatic rings. The highest BCUT2D eigenvalue weighted by Gasteiger charge is 2.24. The van der Waals surface area contributed by atoms with Gasteiger partial charge in [0.1, 0.15) is 5.75 Å². The number of fused-ring (bicyclic) bond motifs is 1. The molecule has 30 heavy (non-hydrogen) atoms. The van der Waals surface area contributed by atoms with Crippen LogP contribution in [0.15, 0.2) is 42.0 Å². The van der Waals surface area contributed by atoms with E-state index in [1.807, 2.05) is 12.3 Å². The highest BCUT2D eigenvalue weighted by Crippen LogP contribution is 2.43. The first-order valence-corrected chi connectivity index (χ1v) is 10.5. The van der Waals surface area contributed by atoms with Gasteiger partial charge < -0.3 is 15.8 Å². The Kier molecular flexibility index (Phi) is 6.60. The maximum absolute atomic E-state index is 12.1. The molecule has 1 amide bonds. The number of carbonyl (C=O) groups excluding carboxylic acids is 1. The molecule has 2 unspecified atom stereocenters.